The van der Waals surface area contributed by atoms with Gasteiger partial charge in [0, 0.05) is 26.7 Å². The van der Waals surface area contributed by atoms with Crippen LogP contribution in [0.1, 0.15) is 0 Å². The number of fused-ring (bicyclic) bond motifs is 1. The van der Waals surface area contributed by atoms with Gasteiger partial charge in [0.05, 0.1) is 5.52 Å². The largest absolute Gasteiger partial charge is 0.254 e. The van der Waals surface area contributed by atoms with Crippen molar-refractivity contribution < 1.29 is 4.39 Å². The second-order valence-corrected chi connectivity index (χ2v) is 5.92. The Labute approximate surface area is 122 Å². The van der Waals surface area contributed by atoms with Crippen LogP contribution in [0.5, 0.6) is 0 Å². The van der Waals surface area contributed by atoms with E-state index in [0.717, 1.165) is 25.3 Å². The molecule has 0 fully saturated rings. The summed E-state index contributed by atoms with van der Waals surface area (Å²) in [5.41, 5.74) is 1.63. The molecule has 0 saturated carbocycles. The molecule has 2 aromatic heterocycles. The van der Waals surface area contributed by atoms with Crippen LogP contribution >= 0.6 is 27.7 Å². The summed E-state index contributed by atoms with van der Waals surface area (Å²) in [6, 6.07) is 10.3. The van der Waals surface area contributed by atoms with Crippen molar-refractivity contribution in [3.8, 4) is 0 Å². The van der Waals surface area contributed by atoms with Crippen LogP contribution in [0.15, 0.2) is 63.1 Å². The highest BCUT2D eigenvalue weighted by Crippen LogP contribution is 2.32. The van der Waals surface area contributed by atoms with Crippen LogP contribution in [0.2, 0.25) is 0 Å². The lowest BCUT2D eigenvalue weighted by Gasteiger charge is -2.05. The van der Waals surface area contributed by atoms with Gasteiger partial charge in [-0.05, 0) is 46.3 Å². The second-order valence-electron chi connectivity index (χ2n) is 3.89. The molecule has 0 amide bonds. The quantitative estimate of drug-likeness (QED) is 0.680. The van der Waals surface area contributed by atoms with Crippen molar-refractivity contribution in [1.82, 2.24) is 9.97 Å². The van der Waals surface area contributed by atoms with E-state index in [9.17, 15) is 4.39 Å². The Hall–Kier alpha value is -1.46. The van der Waals surface area contributed by atoms with Crippen LogP contribution in [0.3, 0.4) is 0 Å². The second kappa shape index (κ2) is 5.27. The molecule has 0 atom stereocenters. The number of benzene rings is 1. The van der Waals surface area contributed by atoms with Crippen molar-refractivity contribution in [3.05, 3.63) is 59.1 Å². The maximum atomic E-state index is 13.2. The molecule has 0 aliphatic carbocycles. The molecular formula is C14H8BrFN2S. The summed E-state index contributed by atoms with van der Waals surface area (Å²) < 4.78 is 14.1. The molecule has 3 rings (SSSR count). The maximum absolute atomic E-state index is 13.2. The van der Waals surface area contributed by atoms with Crippen molar-refractivity contribution in [2.24, 2.45) is 0 Å². The fourth-order valence-electron chi connectivity index (χ4n) is 1.72. The van der Waals surface area contributed by atoms with Crippen molar-refractivity contribution in [2.75, 3.05) is 0 Å². The van der Waals surface area contributed by atoms with E-state index in [1.807, 2.05) is 18.2 Å². The summed E-state index contributed by atoms with van der Waals surface area (Å²) >= 11 is 4.85. The molecule has 0 N–H and O–H groups in total. The van der Waals surface area contributed by atoms with Gasteiger partial charge >= 0.3 is 0 Å². The molecule has 0 unspecified atom stereocenters. The Balaban J connectivity index is 2.06. The topological polar surface area (TPSA) is 25.8 Å². The Bertz CT molecular complexity index is 748. The van der Waals surface area contributed by atoms with E-state index >= 15 is 0 Å². The smallest absolute Gasteiger partial charge is 0.124 e. The molecule has 3 aromatic rings. The third kappa shape index (κ3) is 2.77. The van der Waals surface area contributed by atoms with Crippen LogP contribution in [0, 0.1) is 5.82 Å². The third-order valence-electron chi connectivity index (χ3n) is 2.53. The third-order valence-corrected chi connectivity index (χ3v) is 4.00. The van der Waals surface area contributed by atoms with E-state index in [-0.39, 0.29) is 5.82 Å². The minimum Gasteiger partial charge on any atom is -0.254 e. The lowest BCUT2D eigenvalue weighted by molar-refractivity contribution is 0.624. The van der Waals surface area contributed by atoms with Gasteiger partial charge in [0.1, 0.15) is 11.3 Å². The minimum absolute atomic E-state index is 0.237. The first-order chi connectivity index (χ1) is 9.22. The molecule has 19 heavy (non-hydrogen) atoms. The summed E-state index contributed by atoms with van der Waals surface area (Å²) in [5.74, 6) is -0.237. The minimum atomic E-state index is -0.237. The average molecular weight is 335 g/mol. The Morgan fingerprint density at radius 2 is 2.00 bits per heavy atom. The molecule has 0 bridgehead atoms. The van der Waals surface area contributed by atoms with E-state index in [4.69, 9.17) is 0 Å². The fraction of sp³-hybridized carbons (Fsp3) is 0. The van der Waals surface area contributed by atoms with E-state index < -0.39 is 0 Å². The molecule has 1 aromatic carbocycles. The highest BCUT2D eigenvalue weighted by atomic mass is 79.9. The Morgan fingerprint density at radius 3 is 2.84 bits per heavy atom. The number of rotatable bonds is 2. The number of aromatic nitrogens is 2. The van der Waals surface area contributed by atoms with E-state index in [1.54, 1.807) is 18.5 Å². The van der Waals surface area contributed by atoms with Crippen LogP contribution in [0.25, 0.3) is 11.0 Å². The Morgan fingerprint density at radius 1 is 1.11 bits per heavy atom. The lowest BCUT2D eigenvalue weighted by atomic mass is 10.3. The predicted molar refractivity (Wildman–Crippen MR) is 77.8 cm³/mol. The highest BCUT2D eigenvalue weighted by molar-refractivity contribution is 9.10. The fourth-order valence-corrected chi connectivity index (χ4v) is 2.99. The number of nitrogens with zero attached hydrogens (tertiary/aromatic N) is 2. The summed E-state index contributed by atoms with van der Waals surface area (Å²) in [6.07, 6.45) is 3.47. The molecule has 2 heterocycles. The zero-order chi connectivity index (χ0) is 13.2. The molecule has 0 radical (unpaired) electrons. The van der Waals surface area contributed by atoms with Crippen molar-refractivity contribution in [3.63, 3.8) is 0 Å². The normalized spacial score (nSPS) is 10.8. The van der Waals surface area contributed by atoms with Gasteiger partial charge in [-0.25, -0.2) is 4.39 Å². The van der Waals surface area contributed by atoms with Crippen molar-refractivity contribution >= 4 is 38.7 Å². The predicted octanol–water partition coefficient (Wildman–Crippen LogP) is 4.68. The van der Waals surface area contributed by atoms with Crippen LogP contribution in [-0.2, 0) is 0 Å². The van der Waals surface area contributed by atoms with Gasteiger partial charge in [-0.2, -0.15) is 0 Å². The summed E-state index contributed by atoms with van der Waals surface area (Å²) in [4.78, 5) is 10.5. The highest BCUT2D eigenvalue weighted by Gasteiger charge is 2.06. The van der Waals surface area contributed by atoms with Gasteiger partial charge < -0.3 is 0 Å². The average Bonchev–Trinajstić information content (AvgIpc) is 2.38. The first-order valence-electron chi connectivity index (χ1n) is 5.56. The van der Waals surface area contributed by atoms with Crippen molar-refractivity contribution in [2.45, 2.75) is 9.79 Å². The van der Waals surface area contributed by atoms with E-state index in [2.05, 4.69) is 25.9 Å². The first-order valence-corrected chi connectivity index (χ1v) is 7.17. The van der Waals surface area contributed by atoms with Gasteiger partial charge in [-0.15, -0.1) is 0 Å². The van der Waals surface area contributed by atoms with Crippen LogP contribution < -0.4 is 0 Å². The molecule has 0 saturated heterocycles. The SMILES string of the molecule is Fc1cccc(Sc2ccnc3cc(Br)cnc23)c1. The summed E-state index contributed by atoms with van der Waals surface area (Å²) in [6.45, 7) is 0. The number of hydrogen-bond donors (Lipinski definition) is 0. The molecule has 0 spiro atoms. The number of hydrogen-bond acceptors (Lipinski definition) is 3. The lowest BCUT2D eigenvalue weighted by Crippen LogP contribution is -1.86. The molecule has 0 aliphatic heterocycles. The standard InChI is InChI=1S/C14H8BrFN2S/c15-9-6-12-14(18-8-9)13(4-5-17-12)19-11-3-1-2-10(16)7-11/h1-8H. The molecule has 2 nitrogen and oxygen atoms in total. The number of pyridine rings is 2. The molecule has 5 heteroatoms. The van der Waals surface area contributed by atoms with Gasteiger partial charge in [0.25, 0.3) is 0 Å². The van der Waals surface area contributed by atoms with Gasteiger partial charge in [-0.3, -0.25) is 9.97 Å². The van der Waals surface area contributed by atoms with Crippen LogP contribution in [-0.4, -0.2) is 9.97 Å². The Kier molecular flexibility index (Phi) is 3.48. The summed E-state index contributed by atoms with van der Waals surface area (Å²) in [5, 5.41) is 0. The van der Waals surface area contributed by atoms with Gasteiger partial charge in [0.15, 0.2) is 0 Å². The van der Waals surface area contributed by atoms with Crippen LogP contribution in [0.4, 0.5) is 4.39 Å². The van der Waals surface area contributed by atoms with Crippen molar-refractivity contribution in [1.29, 1.82) is 0 Å². The molecular weight excluding hydrogens is 327 g/mol. The molecule has 94 valence electrons. The van der Waals surface area contributed by atoms with E-state index in [1.165, 1.54) is 23.9 Å². The van der Waals surface area contributed by atoms with E-state index in [0.29, 0.717) is 0 Å². The number of halogens is 2. The monoisotopic (exact) mass is 334 g/mol. The molecule has 0 aliphatic rings. The zero-order valence-corrected chi connectivity index (χ0v) is 12.1. The zero-order valence-electron chi connectivity index (χ0n) is 9.68. The maximum Gasteiger partial charge on any atom is 0.124 e. The summed E-state index contributed by atoms with van der Waals surface area (Å²) in [7, 11) is 0. The van der Waals surface area contributed by atoms with Gasteiger partial charge in [0.2, 0.25) is 0 Å². The first kappa shape index (κ1) is 12.6. The van der Waals surface area contributed by atoms with Gasteiger partial charge in [-0.1, -0.05) is 17.8 Å².